The van der Waals surface area contributed by atoms with Crippen LogP contribution in [0.25, 0.3) is 0 Å². The summed E-state index contributed by atoms with van der Waals surface area (Å²) in [6, 6.07) is 5.92. The summed E-state index contributed by atoms with van der Waals surface area (Å²) in [7, 11) is 0. The topological polar surface area (TPSA) is 32.5 Å². The van der Waals surface area contributed by atoms with Gasteiger partial charge in [-0.1, -0.05) is 18.3 Å². The number of halogens is 1. The molecule has 0 atom stereocenters. The predicted octanol–water partition coefficient (Wildman–Crippen LogP) is 1.74. The van der Waals surface area contributed by atoms with Gasteiger partial charge in [-0.15, -0.1) is 0 Å². The van der Waals surface area contributed by atoms with E-state index in [4.69, 9.17) is 18.0 Å². The van der Waals surface area contributed by atoms with Gasteiger partial charge in [-0.25, -0.2) is 4.39 Å². The van der Waals surface area contributed by atoms with Gasteiger partial charge in [0, 0.05) is 44.3 Å². The summed E-state index contributed by atoms with van der Waals surface area (Å²) in [4.78, 5) is 5.12. The Morgan fingerprint density at radius 3 is 2.55 bits per heavy atom. The number of thiocarbonyl (C=S) groups is 1. The number of hydrogen-bond acceptors (Lipinski definition) is 3. The second-order valence-corrected chi connectivity index (χ2v) is 6.16. The van der Waals surface area contributed by atoms with E-state index in [-0.39, 0.29) is 10.8 Å². The molecular weight excluding hydrogens is 273 g/mol. The van der Waals surface area contributed by atoms with Gasteiger partial charge in [0.25, 0.3) is 0 Å². The summed E-state index contributed by atoms with van der Waals surface area (Å²) in [5.74, 6) is -0.334. The monoisotopic (exact) mass is 293 g/mol. The molecule has 1 aromatic rings. The minimum atomic E-state index is -0.334. The summed E-state index contributed by atoms with van der Waals surface area (Å²) in [6.45, 7) is 5.29. The van der Waals surface area contributed by atoms with E-state index in [0.29, 0.717) is 5.56 Å². The van der Waals surface area contributed by atoms with Crippen LogP contribution in [0.1, 0.15) is 24.0 Å². The molecule has 108 valence electrons. The van der Waals surface area contributed by atoms with Gasteiger partial charge in [0.05, 0.1) is 0 Å². The molecule has 0 aromatic heterocycles. The van der Waals surface area contributed by atoms with E-state index in [2.05, 4.69) is 9.80 Å². The first-order chi connectivity index (χ1) is 9.63. The molecule has 1 saturated heterocycles. The van der Waals surface area contributed by atoms with Crippen molar-refractivity contribution in [3.05, 3.63) is 35.1 Å². The van der Waals surface area contributed by atoms with Crippen molar-refractivity contribution >= 4 is 17.2 Å². The smallest absolute Gasteiger partial charge is 0.133 e. The quantitative estimate of drug-likeness (QED) is 0.857. The molecule has 5 heteroatoms. The number of nitrogens with two attached hydrogens (primary N) is 1. The van der Waals surface area contributed by atoms with Gasteiger partial charge in [0.15, 0.2) is 0 Å². The molecule has 2 fully saturated rings. The van der Waals surface area contributed by atoms with Gasteiger partial charge in [-0.05, 0) is 30.5 Å². The first kappa shape index (κ1) is 13.9. The van der Waals surface area contributed by atoms with E-state index in [1.54, 1.807) is 6.07 Å². The van der Waals surface area contributed by atoms with Gasteiger partial charge in [0.2, 0.25) is 0 Å². The van der Waals surface area contributed by atoms with Crippen molar-refractivity contribution in [3.8, 4) is 0 Å². The molecule has 1 aromatic carbocycles. The van der Waals surface area contributed by atoms with E-state index in [0.717, 1.165) is 44.3 Å². The summed E-state index contributed by atoms with van der Waals surface area (Å²) in [5.41, 5.74) is 6.98. The number of benzene rings is 1. The number of piperazine rings is 1. The second kappa shape index (κ2) is 5.76. The lowest BCUT2D eigenvalue weighted by Gasteiger charge is -2.34. The largest absolute Gasteiger partial charge is 0.389 e. The lowest BCUT2D eigenvalue weighted by atomic mass is 10.1. The van der Waals surface area contributed by atoms with E-state index >= 15 is 0 Å². The zero-order chi connectivity index (χ0) is 14.1. The third-order valence-electron chi connectivity index (χ3n) is 4.17. The Morgan fingerprint density at radius 2 is 1.95 bits per heavy atom. The molecule has 0 bridgehead atoms. The van der Waals surface area contributed by atoms with E-state index in [9.17, 15) is 4.39 Å². The van der Waals surface area contributed by atoms with Crippen molar-refractivity contribution < 1.29 is 4.39 Å². The first-order valence-corrected chi connectivity index (χ1v) is 7.59. The predicted molar refractivity (Wildman–Crippen MR) is 82.2 cm³/mol. The molecule has 3 rings (SSSR count). The highest BCUT2D eigenvalue weighted by Crippen LogP contribution is 2.27. The zero-order valence-electron chi connectivity index (χ0n) is 11.5. The summed E-state index contributed by atoms with van der Waals surface area (Å²) >= 11 is 4.88. The molecule has 2 N–H and O–H groups in total. The van der Waals surface area contributed by atoms with Crippen molar-refractivity contribution in [2.45, 2.75) is 25.4 Å². The molecule has 1 saturated carbocycles. The molecule has 3 nitrogen and oxygen atoms in total. The Kier molecular flexibility index (Phi) is 4.01. The lowest BCUT2D eigenvalue weighted by molar-refractivity contribution is 0.121. The maximum absolute atomic E-state index is 13.6. The number of rotatable bonds is 4. The van der Waals surface area contributed by atoms with Gasteiger partial charge in [-0.3, -0.25) is 9.80 Å². The fourth-order valence-corrected chi connectivity index (χ4v) is 3.00. The van der Waals surface area contributed by atoms with Crippen molar-refractivity contribution in [3.63, 3.8) is 0 Å². The van der Waals surface area contributed by atoms with Crippen LogP contribution in [0.3, 0.4) is 0 Å². The Bertz CT molecular complexity index is 508. The van der Waals surface area contributed by atoms with Gasteiger partial charge in [0.1, 0.15) is 10.8 Å². The van der Waals surface area contributed by atoms with Gasteiger partial charge < -0.3 is 5.73 Å². The summed E-state index contributed by atoms with van der Waals surface area (Å²) in [5, 5.41) is 0. The van der Waals surface area contributed by atoms with Crippen molar-refractivity contribution in [1.82, 2.24) is 9.80 Å². The third kappa shape index (κ3) is 3.16. The van der Waals surface area contributed by atoms with Crippen LogP contribution in [-0.4, -0.2) is 47.0 Å². The van der Waals surface area contributed by atoms with Crippen molar-refractivity contribution in [2.24, 2.45) is 5.73 Å². The van der Waals surface area contributed by atoms with Crippen LogP contribution >= 0.6 is 12.2 Å². The van der Waals surface area contributed by atoms with E-state index in [1.807, 2.05) is 6.07 Å². The standard InChI is InChI=1S/C15H20FN3S/c16-14-4-1-11(9-13(14)15(17)20)10-18-5-7-19(8-6-18)12-2-3-12/h1,4,9,12H,2-3,5-8,10H2,(H2,17,20). The Balaban J connectivity index is 1.60. The first-order valence-electron chi connectivity index (χ1n) is 7.18. The molecule has 2 aliphatic rings. The van der Waals surface area contributed by atoms with Crippen molar-refractivity contribution in [2.75, 3.05) is 26.2 Å². The van der Waals surface area contributed by atoms with Crippen LogP contribution in [0, 0.1) is 5.82 Å². The highest BCUT2D eigenvalue weighted by molar-refractivity contribution is 7.80. The number of hydrogen-bond donors (Lipinski definition) is 1. The van der Waals surface area contributed by atoms with Gasteiger partial charge >= 0.3 is 0 Å². The van der Waals surface area contributed by atoms with Crippen molar-refractivity contribution in [1.29, 1.82) is 0 Å². The van der Waals surface area contributed by atoms with Crippen LogP contribution in [0.15, 0.2) is 18.2 Å². The molecule has 0 radical (unpaired) electrons. The van der Waals surface area contributed by atoms with Crippen LogP contribution < -0.4 is 5.73 Å². The molecule has 0 unspecified atom stereocenters. The van der Waals surface area contributed by atoms with Crippen LogP contribution in [0.4, 0.5) is 4.39 Å². The zero-order valence-corrected chi connectivity index (χ0v) is 12.3. The Morgan fingerprint density at radius 1 is 1.25 bits per heavy atom. The minimum absolute atomic E-state index is 0.128. The molecule has 1 aliphatic heterocycles. The third-order valence-corrected chi connectivity index (χ3v) is 4.39. The molecule has 0 amide bonds. The maximum Gasteiger partial charge on any atom is 0.133 e. The van der Waals surface area contributed by atoms with Crippen LogP contribution in [0.5, 0.6) is 0 Å². The molecule has 0 spiro atoms. The van der Waals surface area contributed by atoms with Gasteiger partial charge in [-0.2, -0.15) is 0 Å². The molecular formula is C15H20FN3S. The molecule has 1 aliphatic carbocycles. The highest BCUT2D eigenvalue weighted by Gasteiger charge is 2.31. The Hall–Kier alpha value is -1.04. The Labute approximate surface area is 124 Å². The maximum atomic E-state index is 13.6. The average Bonchev–Trinajstić information content (AvgIpc) is 3.26. The SMILES string of the molecule is NC(=S)c1cc(CN2CCN(C3CC3)CC2)ccc1F. The fourth-order valence-electron chi connectivity index (χ4n) is 2.84. The van der Waals surface area contributed by atoms with Crippen LogP contribution in [-0.2, 0) is 6.54 Å². The van der Waals surface area contributed by atoms with E-state index in [1.165, 1.54) is 18.9 Å². The molecule has 20 heavy (non-hydrogen) atoms. The highest BCUT2D eigenvalue weighted by atomic mass is 32.1. The van der Waals surface area contributed by atoms with Crippen LogP contribution in [0.2, 0.25) is 0 Å². The summed E-state index contributed by atoms with van der Waals surface area (Å²) < 4.78 is 13.6. The lowest BCUT2D eigenvalue weighted by Crippen LogP contribution is -2.46. The fraction of sp³-hybridized carbons (Fsp3) is 0.533. The summed E-state index contributed by atoms with van der Waals surface area (Å²) in [6.07, 6.45) is 2.74. The second-order valence-electron chi connectivity index (χ2n) is 5.72. The average molecular weight is 293 g/mol. The van der Waals surface area contributed by atoms with E-state index < -0.39 is 0 Å². The minimum Gasteiger partial charge on any atom is -0.389 e. The molecule has 1 heterocycles. The number of nitrogens with zero attached hydrogens (tertiary/aromatic N) is 2. The normalized spacial score (nSPS) is 21.1.